The molecule has 8 nitrogen and oxygen atoms in total. The van der Waals surface area contributed by atoms with E-state index in [9.17, 15) is 14.4 Å². The van der Waals surface area contributed by atoms with Gasteiger partial charge < -0.3 is 20.1 Å². The fourth-order valence-corrected chi connectivity index (χ4v) is 3.15. The van der Waals surface area contributed by atoms with Crippen LogP contribution in [-0.4, -0.2) is 49.6 Å². The Kier molecular flexibility index (Phi) is 6.30. The van der Waals surface area contributed by atoms with Crippen LogP contribution >= 0.6 is 0 Å². The van der Waals surface area contributed by atoms with Crippen LogP contribution in [0.2, 0.25) is 0 Å². The molecule has 0 aliphatic carbocycles. The highest BCUT2D eigenvalue weighted by atomic mass is 16.5. The van der Waals surface area contributed by atoms with Crippen molar-refractivity contribution < 1.29 is 23.9 Å². The number of benzene rings is 1. The molecule has 0 aromatic heterocycles. The summed E-state index contributed by atoms with van der Waals surface area (Å²) in [5.41, 5.74) is -0.743. The molecule has 1 aliphatic heterocycles. The van der Waals surface area contributed by atoms with Crippen molar-refractivity contribution in [2.45, 2.75) is 45.2 Å². The fourth-order valence-electron chi connectivity index (χ4n) is 3.15. The number of carbonyl (C=O) groups is 3. The van der Waals surface area contributed by atoms with Gasteiger partial charge in [-0.05, 0) is 38.0 Å². The van der Waals surface area contributed by atoms with Crippen molar-refractivity contribution >= 4 is 17.8 Å². The average molecular weight is 377 g/mol. The lowest BCUT2D eigenvalue weighted by atomic mass is 9.91. The lowest BCUT2D eigenvalue weighted by Crippen LogP contribution is -2.45. The standard InChI is InChI=1S/C19H27N3O5/c1-6-7-12(2)20-16(23)11-22-17(24)19(3,21-18(22)25)13-8-9-14(26-4)15(10-13)27-5/h8-10,12H,6-7,11H2,1-5H3,(H,20,23)(H,21,25). The van der Waals surface area contributed by atoms with E-state index in [-0.39, 0.29) is 18.5 Å². The maximum Gasteiger partial charge on any atom is 0.325 e. The SMILES string of the molecule is CCCC(C)NC(=O)CN1C(=O)NC(C)(c2ccc(OC)c(OC)c2)C1=O. The average Bonchev–Trinajstić information content (AvgIpc) is 2.85. The molecule has 1 aromatic carbocycles. The van der Waals surface area contributed by atoms with Crippen LogP contribution in [0.15, 0.2) is 18.2 Å². The second-order valence-corrected chi connectivity index (χ2v) is 6.77. The molecule has 0 bridgehead atoms. The lowest BCUT2D eigenvalue weighted by Gasteiger charge is -2.23. The molecule has 2 N–H and O–H groups in total. The van der Waals surface area contributed by atoms with E-state index < -0.39 is 17.5 Å². The maximum atomic E-state index is 12.9. The predicted octanol–water partition coefficient (Wildman–Crippen LogP) is 1.78. The van der Waals surface area contributed by atoms with E-state index in [2.05, 4.69) is 10.6 Å². The molecule has 4 amide bonds. The van der Waals surface area contributed by atoms with Crippen molar-refractivity contribution in [1.82, 2.24) is 15.5 Å². The minimum Gasteiger partial charge on any atom is -0.493 e. The Hall–Kier alpha value is -2.77. The van der Waals surface area contributed by atoms with Gasteiger partial charge in [-0.25, -0.2) is 4.79 Å². The summed E-state index contributed by atoms with van der Waals surface area (Å²) in [7, 11) is 3.01. The summed E-state index contributed by atoms with van der Waals surface area (Å²) in [5, 5.41) is 5.48. The number of urea groups is 1. The Bertz CT molecular complexity index is 736. The molecule has 1 saturated heterocycles. The first kappa shape index (κ1) is 20.5. The van der Waals surface area contributed by atoms with Gasteiger partial charge in [0.05, 0.1) is 14.2 Å². The van der Waals surface area contributed by atoms with Gasteiger partial charge in [0.1, 0.15) is 12.1 Å². The Morgan fingerprint density at radius 2 is 1.93 bits per heavy atom. The number of nitrogens with one attached hydrogen (secondary N) is 2. The molecular formula is C19H27N3O5. The number of hydrogen-bond acceptors (Lipinski definition) is 5. The van der Waals surface area contributed by atoms with E-state index in [0.29, 0.717) is 17.1 Å². The molecule has 1 heterocycles. The van der Waals surface area contributed by atoms with Crippen LogP contribution in [0.3, 0.4) is 0 Å². The van der Waals surface area contributed by atoms with Gasteiger partial charge in [0.2, 0.25) is 5.91 Å². The quantitative estimate of drug-likeness (QED) is 0.673. The number of methoxy groups -OCH3 is 2. The summed E-state index contributed by atoms with van der Waals surface area (Å²) in [4.78, 5) is 38.4. The van der Waals surface area contributed by atoms with Crippen LogP contribution in [-0.2, 0) is 15.1 Å². The summed E-state index contributed by atoms with van der Waals surface area (Å²) in [6.07, 6.45) is 1.76. The predicted molar refractivity (Wildman–Crippen MR) is 99.7 cm³/mol. The normalized spacial score (nSPS) is 20.3. The molecule has 148 valence electrons. The van der Waals surface area contributed by atoms with Crippen LogP contribution in [0.1, 0.15) is 39.2 Å². The van der Waals surface area contributed by atoms with Gasteiger partial charge in [0.25, 0.3) is 5.91 Å². The first-order valence-electron chi connectivity index (χ1n) is 8.92. The van der Waals surface area contributed by atoms with Crippen LogP contribution in [0.4, 0.5) is 4.79 Å². The minimum atomic E-state index is -1.29. The second kappa shape index (κ2) is 8.28. The van der Waals surface area contributed by atoms with E-state index in [1.807, 2.05) is 13.8 Å². The molecule has 2 rings (SSSR count). The van der Waals surface area contributed by atoms with Gasteiger partial charge in [-0.15, -0.1) is 0 Å². The molecule has 2 unspecified atom stereocenters. The van der Waals surface area contributed by atoms with Crippen molar-refractivity contribution in [2.24, 2.45) is 0 Å². The highest BCUT2D eigenvalue weighted by Crippen LogP contribution is 2.35. The van der Waals surface area contributed by atoms with Gasteiger partial charge in [0, 0.05) is 6.04 Å². The zero-order valence-electron chi connectivity index (χ0n) is 16.4. The summed E-state index contributed by atoms with van der Waals surface area (Å²) in [6.45, 7) is 5.20. The third-order valence-corrected chi connectivity index (χ3v) is 4.67. The number of imide groups is 1. The van der Waals surface area contributed by atoms with Gasteiger partial charge in [-0.1, -0.05) is 19.4 Å². The Morgan fingerprint density at radius 3 is 2.52 bits per heavy atom. The third kappa shape index (κ3) is 4.15. The molecule has 27 heavy (non-hydrogen) atoms. The van der Waals surface area contributed by atoms with Crippen LogP contribution in [0.5, 0.6) is 11.5 Å². The van der Waals surface area contributed by atoms with Gasteiger partial charge >= 0.3 is 6.03 Å². The number of ether oxygens (including phenoxy) is 2. The molecule has 1 fully saturated rings. The molecule has 2 atom stereocenters. The summed E-state index contributed by atoms with van der Waals surface area (Å²) in [6, 6.07) is 4.38. The van der Waals surface area contributed by atoms with Crippen molar-refractivity contribution in [3.63, 3.8) is 0 Å². The van der Waals surface area contributed by atoms with Crippen molar-refractivity contribution in [1.29, 1.82) is 0 Å². The largest absolute Gasteiger partial charge is 0.493 e. The number of rotatable bonds is 8. The van der Waals surface area contributed by atoms with Crippen molar-refractivity contribution in [2.75, 3.05) is 20.8 Å². The highest BCUT2D eigenvalue weighted by Gasteiger charge is 2.49. The van der Waals surface area contributed by atoms with Gasteiger partial charge in [0.15, 0.2) is 11.5 Å². The topological polar surface area (TPSA) is 97.0 Å². The van der Waals surface area contributed by atoms with Crippen LogP contribution in [0, 0.1) is 0 Å². The number of amides is 4. The lowest BCUT2D eigenvalue weighted by molar-refractivity contribution is -0.135. The summed E-state index contributed by atoms with van der Waals surface area (Å²) < 4.78 is 10.5. The summed E-state index contributed by atoms with van der Waals surface area (Å²) >= 11 is 0. The van der Waals surface area contributed by atoms with Crippen LogP contribution < -0.4 is 20.1 Å². The first-order chi connectivity index (χ1) is 12.8. The van der Waals surface area contributed by atoms with E-state index in [4.69, 9.17) is 9.47 Å². The van der Waals surface area contributed by atoms with Gasteiger partial charge in [-0.3, -0.25) is 14.5 Å². The van der Waals surface area contributed by atoms with Crippen molar-refractivity contribution in [3.8, 4) is 11.5 Å². The van der Waals surface area contributed by atoms with Crippen molar-refractivity contribution in [3.05, 3.63) is 23.8 Å². The summed E-state index contributed by atoms with van der Waals surface area (Å²) in [5.74, 6) is 0.111. The zero-order chi connectivity index (χ0) is 20.2. The van der Waals surface area contributed by atoms with E-state index >= 15 is 0 Å². The molecule has 8 heteroatoms. The number of hydrogen-bond donors (Lipinski definition) is 2. The highest BCUT2D eigenvalue weighted by molar-refractivity contribution is 6.09. The maximum absolute atomic E-state index is 12.9. The molecular weight excluding hydrogens is 350 g/mol. The number of carbonyl (C=O) groups excluding carboxylic acids is 3. The smallest absolute Gasteiger partial charge is 0.325 e. The molecule has 0 spiro atoms. The molecule has 1 aromatic rings. The first-order valence-corrected chi connectivity index (χ1v) is 8.92. The molecule has 1 aliphatic rings. The van der Waals surface area contributed by atoms with E-state index in [1.165, 1.54) is 14.2 Å². The Balaban J connectivity index is 2.20. The monoisotopic (exact) mass is 377 g/mol. The molecule has 0 saturated carbocycles. The minimum absolute atomic E-state index is 0.0134. The Labute approximate surface area is 159 Å². The number of nitrogens with zero attached hydrogens (tertiary/aromatic N) is 1. The second-order valence-electron chi connectivity index (χ2n) is 6.77. The van der Waals surface area contributed by atoms with Gasteiger partial charge in [-0.2, -0.15) is 0 Å². The van der Waals surface area contributed by atoms with Crippen LogP contribution in [0.25, 0.3) is 0 Å². The van der Waals surface area contributed by atoms with E-state index in [1.54, 1.807) is 25.1 Å². The fraction of sp³-hybridized carbons (Fsp3) is 0.526. The molecule has 0 radical (unpaired) electrons. The Morgan fingerprint density at radius 1 is 1.26 bits per heavy atom. The third-order valence-electron chi connectivity index (χ3n) is 4.67. The zero-order valence-corrected chi connectivity index (χ0v) is 16.4. The van der Waals surface area contributed by atoms with E-state index in [0.717, 1.165) is 17.7 Å².